The van der Waals surface area contributed by atoms with Crippen molar-refractivity contribution in [3.8, 4) is 0 Å². The van der Waals surface area contributed by atoms with Gasteiger partial charge in [0.2, 0.25) is 0 Å². The van der Waals surface area contributed by atoms with Crippen molar-refractivity contribution in [3.63, 3.8) is 0 Å². The Bertz CT molecular complexity index is 263. The van der Waals surface area contributed by atoms with Crippen LogP contribution in [-0.4, -0.2) is 21.7 Å². The Labute approximate surface area is 77.8 Å². The van der Waals surface area contributed by atoms with Gasteiger partial charge in [0.05, 0.1) is 5.54 Å². The van der Waals surface area contributed by atoms with E-state index in [4.69, 9.17) is 10.8 Å². The van der Waals surface area contributed by atoms with Crippen molar-refractivity contribution in [1.82, 2.24) is 9.97 Å². The molecule has 0 saturated carbocycles. The van der Waals surface area contributed by atoms with E-state index < -0.39 is 5.54 Å². The number of nitrogens with zero attached hydrogens (tertiary/aromatic N) is 2. The lowest BCUT2D eigenvalue weighted by atomic mass is 10.1. The topological polar surface area (TPSA) is 72.0 Å². The molecular formula is C9H15N3O. The van der Waals surface area contributed by atoms with Gasteiger partial charge in [-0.05, 0) is 25.8 Å². The fourth-order valence-corrected chi connectivity index (χ4v) is 0.946. The second kappa shape index (κ2) is 3.81. The van der Waals surface area contributed by atoms with Gasteiger partial charge in [0, 0.05) is 19.0 Å². The zero-order chi connectivity index (χ0) is 9.90. The van der Waals surface area contributed by atoms with Crippen molar-refractivity contribution >= 4 is 0 Å². The Balaban J connectivity index is 2.81. The first-order valence-corrected chi connectivity index (χ1v) is 4.25. The molecule has 0 radical (unpaired) electrons. The summed E-state index contributed by atoms with van der Waals surface area (Å²) in [6, 6.07) is 0. The lowest BCUT2D eigenvalue weighted by Crippen LogP contribution is -2.31. The normalized spacial score (nSPS) is 11.7. The van der Waals surface area contributed by atoms with Crippen LogP contribution in [0, 0.1) is 0 Å². The van der Waals surface area contributed by atoms with Crippen molar-refractivity contribution in [2.24, 2.45) is 5.73 Å². The number of hydrogen-bond acceptors (Lipinski definition) is 4. The first-order chi connectivity index (χ1) is 6.04. The lowest BCUT2D eigenvalue weighted by Gasteiger charge is -2.16. The molecule has 72 valence electrons. The van der Waals surface area contributed by atoms with Gasteiger partial charge in [0.15, 0.2) is 0 Å². The summed E-state index contributed by atoms with van der Waals surface area (Å²) in [5, 5.41) is 8.67. The average Bonchev–Trinajstić information content (AvgIpc) is 2.04. The monoisotopic (exact) mass is 181 g/mol. The predicted molar refractivity (Wildman–Crippen MR) is 50.0 cm³/mol. The van der Waals surface area contributed by atoms with Crippen LogP contribution in [0.2, 0.25) is 0 Å². The fraction of sp³-hybridized carbons (Fsp3) is 0.556. The third kappa shape index (κ3) is 2.75. The maximum Gasteiger partial charge on any atom is 0.147 e. The summed E-state index contributed by atoms with van der Waals surface area (Å²) in [6.07, 6.45) is 3.99. The molecule has 0 aliphatic heterocycles. The van der Waals surface area contributed by atoms with Crippen LogP contribution in [0.25, 0.3) is 0 Å². The molecule has 0 amide bonds. The first-order valence-electron chi connectivity index (χ1n) is 4.25. The second-order valence-electron chi connectivity index (χ2n) is 3.61. The van der Waals surface area contributed by atoms with E-state index in [1.165, 1.54) is 0 Å². The number of aliphatic hydroxyl groups is 1. The highest BCUT2D eigenvalue weighted by Gasteiger charge is 2.16. The Morgan fingerprint density at radius 1 is 1.38 bits per heavy atom. The van der Waals surface area contributed by atoms with Gasteiger partial charge in [0.25, 0.3) is 0 Å². The summed E-state index contributed by atoms with van der Waals surface area (Å²) in [5.74, 6) is 0.620. The van der Waals surface area contributed by atoms with Crippen LogP contribution in [0.4, 0.5) is 0 Å². The molecule has 0 saturated heterocycles. The highest BCUT2D eigenvalue weighted by molar-refractivity contribution is 5.09. The first kappa shape index (κ1) is 10.1. The Hall–Kier alpha value is -1.00. The Kier molecular flexibility index (Phi) is 2.95. The summed E-state index contributed by atoms with van der Waals surface area (Å²) >= 11 is 0. The van der Waals surface area contributed by atoms with Crippen LogP contribution >= 0.6 is 0 Å². The van der Waals surface area contributed by atoms with Gasteiger partial charge in [-0.3, -0.25) is 0 Å². The molecule has 4 heteroatoms. The Morgan fingerprint density at radius 3 is 2.31 bits per heavy atom. The molecule has 1 aromatic heterocycles. The molecular weight excluding hydrogens is 166 g/mol. The molecule has 0 atom stereocenters. The molecule has 1 aromatic rings. The summed E-state index contributed by atoms with van der Waals surface area (Å²) in [7, 11) is 0. The van der Waals surface area contributed by atoms with E-state index in [9.17, 15) is 0 Å². The van der Waals surface area contributed by atoms with Gasteiger partial charge in [-0.1, -0.05) is 0 Å². The minimum absolute atomic E-state index is 0.120. The molecule has 0 fully saturated rings. The number of nitrogens with two attached hydrogens (primary N) is 1. The van der Waals surface area contributed by atoms with Crippen molar-refractivity contribution in [2.75, 3.05) is 6.61 Å². The molecule has 1 rings (SSSR count). The molecule has 0 bridgehead atoms. The average molecular weight is 181 g/mol. The van der Waals surface area contributed by atoms with Gasteiger partial charge in [-0.15, -0.1) is 0 Å². The van der Waals surface area contributed by atoms with E-state index in [0.717, 1.165) is 5.56 Å². The van der Waals surface area contributed by atoms with Crippen molar-refractivity contribution in [1.29, 1.82) is 0 Å². The molecule has 0 unspecified atom stereocenters. The molecule has 0 aliphatic rings. The molecule has 0 aromatic carbocycles. The van der Waals surface area contributed by atoms with Gasteiger partial charge in [0.1, 0.15) is 5.82 Å². The SMILES string of the molecule is CC(C)(N)c1ncc(CCO)cn1. The van der Waals surface area contributed by atoms with E-state index >= 15 is 0 Å². The largest absolute Gasteiger partial charge is 0.396 e. The van der Waals surface area contributed by atoms with Crippen molar-refractivity contribution in [3.05, 3.63) is 23.8 Å². The maximum absolute atomic E-state index is 8.67. The standard InChI is InChI=1S/C9H15N3O/c1-9(2,10)8-11-5-7(3-4-13)6-12-8/h5-6,13H,3-4,10H2,1-2H3. The van der Waals surface area contributed by atoms with E-state index in [1.807, 2.05) is 13.8 Å². The van der Waals surface area contributed by atoms with Crippen LogP contribution in [0.3, 0.4) is 0 Å². The summed E-state index contributed by atoms with van der Waals surface area (Å²) in [4.78, 5) is 8.24. The zero-order valence-electron chi connectivity index (χ0n) is 7.99. The minimum Gasteiger partial charge on any atom is -0.396 e. The maximum atomic E-state index is 8.67. The Morgan fingerprint density at radius 2 is 1.92 bits per heavy atom. The van der Waals surface area contributed by atoms with Crippen LogP contribution < -0.4 is 5.73 Å². The molecule has 4 nitrogen and oxygen atoms in total. The van der Waals surface area contributed by atoms with Gasteiger partial charge in [-0.25, -0.2) is 9.97 Å². The number of hydrogen-bond donors (Lipinski definition) is 2. The quantitative estimate of drug-likeness (QED) is 0.699. The van der Waals surface area contributed by atoms with Crippen LogP contribution in [-0.2, 0) is 12.0 Å². The summed E-state index contributed by atoms with van der Waals surface area (Å²) in [5.41, 5.74) is 6.23. The zero-order valence-corrected chi connectivity index (χ0v) is 7.99. The van der Waals surface area contributed by atoms with Crippen LogP contribution in [0.15, 0.2) is 12.4 Å². The minimum atomic E-state index is -0.502. The molecule has 13 heavy (non-hydrogen) atoms. The van der Waals surface area contributed by atoms with Gasteiger partial charge in [-0.2, -0.15) is 0 Å². The van der Waals surface area contributed by atoms with Crippen LogP contribution in [0.5, 0.6) is 0 Å². The number of rotatable bonds is 3. The van der Waals surface area contributed by atoms with Gasteiger partial charge < -0.3 is 10.8 Å². The van der Waals surface area contributed by atoms with Crippen molar-refractivity contribution in [2.45, 2.75) is 25.8 Å². The molecule has 3 N–H and O–H groups in total. The number of aromatic nitrogens is 2. The predicted octanol–water partition coefficient (Wildman–Crippen LogP) is 0.205. The second-order valence-corrected chi connectivity index (χ2v) is 3.61. The van der Waals surface area contributed by atoms with Gasteiger partial charge >= 0.3 is 0 Å². The lowest BCUT2D eigenvalue weighted by molar-refractivity contribution is 0.299. The highest BCUT2D eigenvalue weighted by Crippen LogP contribution is 2.10. The molecule has 1 heterocycles. The fourth-order valence-electron chi connectivity index (χ4n) is 0.946. The highest BCUT2D eigenvalue weighted by atomic mass is 16.2. The molecule has 0 spiro atoms. The van der Waals surface area contributed by atoms with E-state index in [1.54, 1.807) is 12.4 Å². The summed E-state index contributed by atoms with van der Waals surface area (Å²) in [6.45, 7) is 3.83. The van der Waals surface area contributed by atoms with E-state index in [2.05, 4.69) is 9.97 Å². The van der Waals surface area contributed by atoms with E-state index in [0.29, 0.717) is 12.2 Å². The molecule has 0 aliphatic carbocycles. The summed E-state index contributed by atoms with van der Waals surface area (Å²) < 4.78 is 0. The number of aliphatic hydroxyl groups excluding tert-OH is 1. The van der Waals surface area contributed by atoms with Crippen LogP contribution in [0.1, 0.15) is 25.2 Å². The smallest absolute Gasteiger partial charge is 0.147 e. The third-order valence-electron chi connectivity index (χ3n) is 1.68. The van der Waals surface area contributed by atoms with Crippen molar-refractivity contribution < 1.29 is 5.11 Å². The van der Waals surface area contributed by atoms with E-state index in [-0.39, 0.29) is 6.61 Å². The third-order valence-corrected chi connectivity index (χ3v) is 1.68.